The molecule has 5 heteroatoms. The summed E-state index contributed by atoms with van der Waals surface area (Å²) in [5.74, 6) is 1.49. The smallest absolute Gasteiger partial charge is 0.189 e. The van der Waals surface area contributed by atoms with Gasteiger partial charge in [0.15, 0.2) is 6.79 Å². The van der Waals surface area contributed by atoms with E-state index in [0.29, 0.717) is 19.2 Å². The van der Waals surface area contributed by atoms with Gasteiger partial charge in [-0.15, -0.1) is 0 Å². The molecule has 0 radical (unpaired) electrons. The van der Waals surface area contributed by atoms with Crippen molar-refractivity contribution in [3.05, 3.63) is 29.8 Å². The van der Waals surface area contributed by atoms with Crippen LogP contribution in [0.5, 0.6) is 5.75 Å². The van der Waals surface area contributed by atoms with Gasteiger partial charge in [0.1, 0.15) is 11.6 Å². The van der Waals surface area contributed by atoms with E-state index in [1.807, 2.05) is 31.3 Å². The number of aryl methyl sites for hydroxylation is 1. The first-order valence-electron chi connectivity index (χ1n) is 5.38. The first-order chi connectivity index (χ1) is 8.25. The quantitative estimate of drug-likeness (QED) is 0.808. The molecule has 0 fully saturated rings. The maximum atomic E-state index is 5.79. The van der Waals surface area contributed by atoms with Crippen LogP contribution >= 0.6 is 0 Å². The summed E-state index contributed by atoms with van der Waals surface area (Å²) in [4.78, 5) is 0. The van der Waals surface area contributed by atoms with Crippen LogP contribution in [0.1, 0.15) is 5.56 Å². The summed E-state index contributed by atoms with van der Waals surface area (Å²) < 4.78 is 12.4. The molecule has 0 saturated carbocycles. The topological polar surface area (TPSA) is 62.3 Å². The number of fused-ring (bicyclic) bond motifs is 1. The first-order valence-corrected chi connectivity index (χ1v) is 5.38. The zero-order valence-electron chi connectivity index (χ0n) is 9.51. The van der Waals surface area contributed by atoms with Gasteiger partial charge >= 0.3 is 0 Å². The number of hydrogen-bond acceptors (Lipinski definition) is 4. The van der Waals surface area contributed by atoms with Crippen molar-refractivity contribution in [2.75, 3.05) is 12.5 Å². The highest BCUT2D eigenvalue weighted by Crippen LogP contribution is 2.33. The molecule has 3 rings (SSSR count). The molecule has 1 aromatic carbocycles. The molecule has 2 heterocycles. The third kappa shape index (κ3) is 1.64. The number of nitrogens with two attached hydrogens (primary N) is 1. The highest BCUT2D eigenvalue weighted by atomic mass is 16.7. The monoisotopic (exact) mass is 231 g/mol. The highest BCUT2D eigenvalue weighted by Gasteiger charge is 2.17. The minimum absolute atomic E-state index is 0.306. The van der Waals surface area contributed by atoms with E-state index in [1.165, 1.54) is 0 Å². The van der Waals surface area contributed by atoms with Crippen LogP contribution in [0.2, 0.25) is 0 Å². The van der Waals surface area contributed by atoms with E-state index in [0.717, 1.165) is 22.6 Å². The molecule has 0 unspecified atom stereocenters. The predicted octanol–water partition coefficient (Wildman–Crippen LogP) is 1.54. The van der Waals surface area contributed by atoms with E-state index in [9.17, 15) is 0 Å². The Morgan fingerprint density at radius 3 is 3.06 bits per heavy atom. The van der Waals surface area contributed by atoms with Gasteiger partial charge in [-0.25, -0.2) is 0 Å². The summed E-state index contributed by atoms with van der Waals surface area (Å²) in [5.41, 5.74) is 8.67. The molecule has 0 spiro atoms. The summed E-state index contributed by atoms with van der Waals surface area (Å²) in [7, 11) is 1.82. The van der Waals surface area contributed by atoms with Crippen LogP contribution in [-0.2, 0) is 18.4 Å². The molecule has 1 aliphatic heterocycles. The lowest BCUT2D eigenvalue weighted by molar-refractivity contribution is -0.0160. The number of ether oxygens (including phenoxy) is 2. The molecule has 1 aromatic heterocycles. The molecule has 0 aliphatic carbocycles. The van der Waals surface area contributed by atoms with Crippen LogP contribution < -0.4 is 10.5 Å². The first kappa shape index (κ1) is 10.2. The summed E-state index contributed by atoms with van der Waals surface area (Å²) in [6, 6.07) is 7.74. The molecular weight excluding hydrogens is 218 g/mol. The Morgan fingerprint density at radius 2 is 2.29 bits per heavy atom. The van der Waals surface area contributed by atoms with Crippen molar-refractivity contribution >= 4 is 5.82 Å². The lowest BCUT2D eigenvalue weighted by Gasteiger charge is -2.19. The number of nitrogen functional groups attached to an aromatic ring is 1. The molecule has 5 nitrogen and oxygen atoms in total. The van der Waals surface area contributed by atoms with Gasteiger partial charge in [-0.2, -0.15) is 5.10 Å². The van der Waals surface area contributed by atoms with E-state index >= 15 is 0 Å². The predicted molar refractivity (Wildman–Crippen MR) is 63.3 cm³/mol. The fourth-order valence-electron chi connectivity index (χ4n) is 1.95. The van der Waals surface area contributed by atoms with Gasteiger partial charge in [0.25, 0.3) is 0 Å². The zero-order chi connectivity index (χ0) is 11.8. The number of nitrogens with zero attached hydrogens (tertiary/aromatic N) is 2. The van der Waals surface area contributed by atoms with Crippen molar-refractivity contribution in [2.45, 2.75) is 6.61 Å². The van der Waals surface area contributed by atoms with Gasteiger partial charge in [0, 0.05) is 24.2 Å². The van der Waals surface area contributed by atoms with Gasteiger partial charge < -0.3 is 15.2 Å². The molecule has 1 aliphatic rings. The van der Waals surface area contributed by atoms with E-state index < -0.39 is 0 Å². The van der Waals surface area contributed by atoms with Gasteiger partial charge in [-0.05, 0) is 6.07 Å². The standard InChI is InChI=1S/C12H13N3O2/c1-15-12(13)5-10(14-15)8-3-2-4-11-9(8)6-16-7-17-11/h2-5H,6-7,13H2,1H3. The highest BCUT2D eigenvalue weighted by molar-refractivity contribution is 5.69. The minimum atomic E-state index is 0.306. The second-order valence-electron chi connectivity index (χ2n) is 3.97. The van der Waals surface area contributed by atoms with Crippen molar-refractivity contribution < 1.29 is 9.47 Å². The zero-order valence-corrected chi connectivity index (χ0v) is 9.51. The molecule has 0 bridgehead atoms. The summed E-state index contributed by atoms with van der Waals surface area (Å²) in [6.07, 6.45) is 0. The van der Waals surface area contributed by atoms with Crippen LogP contribution in [0.25, 0.3) is 11.3 Å². The fraction of sp³-hybridized carbons (Fsp3) is 0.250. The fourth-order valence-corrected chi connectivity index (χ4v) is 1.95. The Labute approximate surface area is 98.8 Å². The van der Waals surface area contributed by atoms with Crippen LogP contribution in [0.3, 0.4) is 0 Å². The van der Waals surface area contributed by atoms with E-state index in [-0.39, 0.29) is 0 Å². The molecule has 0 atom stereocenters. The normalized spacial score (nSPS) is 14.2. The maximum Gasteiger partial charge on any atom is 0.189 e. The lowest BCUT2D eigenvalue weighted by atomic mass is 10.0. The minimum Gasteiger partial charge on any atom is -0.467 e. The third-order valence-electron chi connectivity index (χ3n) is 2.87. The number of benzene rings is 1. The van der Waals surface area contributed by atoms with Crippen molar-refractivity contribution in [1.29, 1.82) is 0 Å². The SMILES string of the molecule is Cn1nc(-c2cccc3c2COCO3)cc1N. The van der Waals surface area contributed by atoms with Gasteiger partial charge in [-0.3, -0.25) is 4.68 Å². The van der Waals surface area contributed by atoms with Crippen molar-refractivity contribution in [3.8, 4) is 17.0 Å². The summed E-state index contributed by atoms with van der Waals surface area (Å²) in [6.45, 7) is 0.850. The van der Waals surface area contributed by atoms with Crippen LogP contribution in [-0.4, -0.2) is 16.6 Å². The van der Waals surface area contributed by atoms with Crippen molar-refractivity contribution in [1.82, 2.24) is 9.78 Å². The molecule has 88 valence electrons. The second kappa shape index (κ2) is 3.78. The van der Waals surface area contributed by atoms with Gasteiger partial charge in [0.05, 0.1) is 12.3 Å². The largest absolute Gasteiger partial charge is 0.467 e. The molecule has 2 N–H and O–H groups in total. The van der Waals surface area contributed by atoms with Crippen molar-refractivity contribution in [2.24, 2.45) is 7.05 Å². The van der Waals surface area contributed by atoms with E-state index in [2.05, 4.69) is 5.10 Å². The van der Waals surface area contributed by atoms with Crippen LogP contribution in [0, 0.1) is 0 Å². The maximum absolute atomic E-state index is 5.79. The second-order valence-corrected chi connectivity index (χ2v) is 3.97. The Kier molecular flexibility index (Phi) is 2.26. The number of anilines is 1. The average molecular weight is 231 g/mol. The molecular formula is C12H13N3O2. The van der Waals surface area contributed by atoms with Crippen molar-refractivity contribution in [3.63, 3.8) is 0 Å². The number of aromatic nitrogens is 2. The molecule has 0 saturated heterocycles. The summed E-state index contributed by atoms with van der Waals surface area (Å²) in [5, 5.41) is 4.37. The summed E-state index contributed by atoms with van der Waals surface area (Å²) >= 11 is 0. The Hall–Kier alpha value is -2.01. The van der Waals surface area contributed by atoms with Gasteiger partial charge in [-0.1, -0.05) is 12.1 Å². The number of rotatable bonds is 1. The number of hydrogen-bond donors (Lipinski definition) is 1. The van der Waals surface area contributed by atoms with E-state index in [4.69, 9.17) is 15.2 Å². The molecule has 17 heavy (non-hydrogen) atoms. The Bertz CT molecular complexity index is 543. The molecule has 2 aromatic rings. The van der Waals surface area contributed by atoms with Crippen LogP contribution in [0.15, 0.2) is 24.3 Å². The van der Waals surface area contributed by atoms with E-state index in [1.54, 1.807) is 4.68 Å². The third-order valence-corrected chi connectivity index (χ3v) is 2.87. The van der Waals surface area contributed by atoms with Gasteiger partial charge in [0.2, 0.25) is 0 Å². The Morgan fingerprint density at radius 1 is 1.41 bits per heavy atom. The lowest BCUT2D eigenvalue weighted by Crippen LogP contribution is -2.12. The van der Waals surface area contributed by atoms with Crippen LogP contribution in [0.4, 0.5) is 5.82 Å². The molecule has 0 amide bonds. The Balaban J connectivity index is 2.14. The average Bonchev–Trinajstić information content (AvgIpc) is 2.69.